The van der Waals surface area contributed by atoms with Crippen molar-refractivity contribution >= 4 is 33.2 Å². The predicted molar refractivity (Wildman–Crippen MR) is 67.4 cm³/mol. The van der Waals surface area contributed by atoms with Crippen LogP contribution in [-0.2, 0) is 9.84 Å². The fourth-order valence-corrected chi connectivity index (χ4v) is 4.55. The maximum atomic E-state index is 11.5. The lowest BCUT2D eigenvalue weighted by molar-refractivity contribution is 0.293. The minimum Gasteiger partial charge on any atom is -0.282 e. The average molecular weight is 270 g/mol. The minimum atomic E-state index is -3.01. The highest BCUT2D eigenvalue weighted by Gasteiger charge is 2.30. The van der Waals surface area contributed by atoms with Gasteiger partial charge < -0.3 is 0 Å². The van der Waals surface area contributed by atoms with Crippen molar-refractivity contribution in [3.8, 4) is 0 Å². The van der Waals surface area contributed by atoms with Gasteiger partial charge in [0.2, 0.25) is 0 Å². The molecule has 1 unspecified atom stereocenters. The molecule has 0 N–H and O–H groups in total. The molecule has 0 radical (unpaired) electrons. The lowest BCUT2D eigenvalue weighted by atomic mass is 10.3. The molecule has 1 aliphatic heterocycles. The molecule has 0 aromatic heterocycles. The second-order valence-electron chi connectivity index (χ2n) is 3.71. The molecule has 0 spiro atoms. The molecular weight excluding hydrogens is 254 g/mol. The molecule has 88 valence electrons. The highest BCUT2D eigenvalue weighted by molar-refractivity contribution is 8.00. The van der Waals surface area contributed by atoms with E-state index in [1.807, 2.05) is 4.90 Å². The van der Waals surface area contributed by atoms with E-state index in [9.17, 15) is 8.42 Å². The number of hydrogen-bond donors (Lipinski definition) is 0. The molecule has 1 rings (SSSR count). The number of alkyl halides is 1. The maximum Gasteiger partial charge on any atom is 0.164 e. The van der Waals surface area contributed by atoms with E-state index in [-0.39, 0.29) is 5.37 Å². The van der Waals surface area contributed by atoms with Gasteiger partial charge in [-0.25, -0.2) is 8.42 Å². The van der Waals surface area contributed by atoms with Gasteiger partial charge in [-0.3, -0.25) is 4.90 Å². The molecule has 1 heterocycles. The highest BCUT2D eigenvalue weighted by atomic mass is 35.5. The van der Waals surface area contributed by atoms with Crippen molar-refractivity contribution in [3.63, 3.8) is 0 Å². The third-order valence-corrected chi connectivity index (χ3v) is 5.37. The Morgan fingerprint density at radius 3 is 2.87 bits per heavy atom. The number of halogens is 1. The third-order valence-electron chi connectivity index (χ3n) is 2.30. The van der Waals surface area contributed by atoms with Crippen LogP contribution in [0.15, 0.2) is 12.2 Å². The molecule has 0 aromatic rings. The predicted octanol–water partition coefficient (Wildman–Crippen LogP) is 1.20. The van der Waals surface area contributed by atoms with Crippen molar-refractivity contribution in [2.24, 2.45) is 0 Å². The SMILES string of the molecule is C=C(CCl)CN1CCSCC1S(C)(=O)=O. The summed E-state index contributed by atoms with van der Waals surface area (Å²) in [6.07, 6.45) is 1.29. The number of nitrogens with zero attached hydrogens (tertiary/aromatic N) is 1. The van der Waals surface area contributed by atoms with Crippen molar-refractivity contribution in [1.29, 1.82) is 0 Å². The van der Waals surface area contributed by atoms with E-state index < -0.39 is 9.84 Å². The summed E-state index contributed by atoms with van der Waals surface area (Å²) in [4.78, 5) is 1.95. The maximum absolute atomic E-state index is 11.5. The zero-order valence-corrected chi connectivity index (χ0v) is 11.2. The summed E-state index contributed by atoms with van der Waals surface area (Å²) >= 11 is 7.34. The lowest BCUT2D eigenvalue weighted by Crippen LogP contribution is -2.47. The first-order valence-corrected chi connectivity index (χ1v) is 8.33. The number of hydrogen-bond acceptors (Lipinski definition) is 4. The van der Waals surface area contributed by atoms with Crippen LogP contribution in [-0.4, -0.2) is 55.4 Å². The van der Waals surface area contributed by atoms with Crippen LogP contribution in [0.4, 0.5) is 0 Å². The van der Waals surface area contributed by atoms with Gasteiger partial charge >= 0.3 is 0 Å². The van der Waals surface area contributed by atoms with Gasteiger partial charge in [0, 0.05) is 36.7 Å². The van der Waals surface area contributed by atoms with E-state index in [2.05, 4.69) is 6.58 Å². The first-order valence-electron chi connectivity index (χ1n) is 4.68. The molecule has 0 bridgehead atoms. The molecule has 1 saturated heterocycles. The van der Waals surface area contributed by atoms with Crippen LogP contribution in [0.1, 0.15) is 0 Å². The van der Waals surface area contributed by atoms with Crippen LogP contribution in [0.3, 0.4) is 0 Å². The molecule has 0 saturated carbocycles. The number of thioether (sulfide) groups is 1. The smallest absolute Gasteiger partial charge is 0.164 e. The zero-order valence-electron chi connectivity index (χ0n) is 8.78. The van der Waals surface area contributed by atoms with Gasteiger partial charge in [0.1, 0.15) is 5.37 Å². The molecule has 0 aromatic carbocycles. The lowest BCUT2D eigenvalue weighted by Gasteiger charge is -2.34. The van der Waals surface area contributed by atoms with Gasteiger partial charge in [0.25, 0.3) is 0 Å². The molecule has 0 aliphatic carbocycles. The van der Waals surface area contributed by atoms with Crippen molar-refractivity contribution in [3.05, 3.63) is 12.2 Å². The molecule has 6 heteroatoms. The van der Waals surface area contributed by atoms with E-state index in [4.69, 9.17) is 11.6 Å². The minimum absolute atomic E-state index is 0.379. The third kappa shape index (κ3) is 3.98. The molecule has 0 amide bonds. The monoisotopic (exact) mass is 269 g/mol. The molecule has 3 nitrogen and oxygen atoms in total. The summed E-state index contributed by atoms with van der Waals surface area (Å²) in [5, 5.41) is -0.379. The quantitative estimate of drug-likeness (QED) is 0.568. The Morgan fingerprint density at radius 2 is 2.33 bits per heavy atom. The highest BCUT2D eigenvalue weighted by Crippen LogP contribution is 2.21. The average Bonchev–Trinajstić information content (AvgIpc) is 2.17. The van der Waals surface area contributed by atoms with E-state index >= 15 is 0 Å². The van der Waals surface area contributed by atoms with Crippen molar-refractivity contribution in [1.82, 2.24) is 4.90 Å². The standard InChI is InChI=1S/C9H16ClNO2S2/c1-8(5-10)6-11-3-4-14-7-9(11)15(2,12)13/h9H,1,3-7H2,2H3. The summed E-state index contributed by atoms with van der Waals surface area (Å²) in [5.41, 5.74) is 0.872. The van der Waals surface area contributed by atoms with Gasteiger partial charge in [-0.15, -0.1) is 11.6 Å². The summed E-state index contributed by atoms with van der Waals surface area (Å²) in [7, 11) is -3.01. The van der Waals surface area contributed by atoms with Gasteiger partial charge in [-0.2, -0.15) is 11.8 Å². The normalized spacial score (nSPS) is 24.0. The summed E-state index contributed by atoms with van der Waals surface area (Å²) in [5.74, 6) is 2.01. The Morgan fingerprint density at radius 1 is 1.67 bits per heavy atom. The second-order valence-corrected chi connectivity index (χ2v) is 7.33. The van der Waals surface area contributed by atoms with Gasteiger partial charge in [-0.1, -0.05) is 6.58 Å². The fourth-order valence-electron chi connectivity index (χ4n) is 1.52. The topological polar surface area (TPSA) is 37.4 Å². The fraction of sp³-hybridized carbons (Fsp3) is 0.778. The van der Waals surface area contributed by atoms with E-state index in [0.717, 1.165) is 17.9 Å². The number of sulfone groups is 1. The van der Waals surface area contributed by atoms with Crippen LogP contribution in [0, 0.1) is 0 Å². The van der Waals surface area contributed by atoms with Gasteiger partial charge in [0.15, 0.2) is 9.84 Å². The molecule has 15 heavy (non-hydrogen) atoms. The second kappa shape index (κ2) is 5.57. The Bertz CT molecular complexity index is 329. The van der Waals surface area contributed by atoms with Crippen molar-refractivity contribution < 1.29 is 8.42 Å². The Labute approximate surface area is 101 Å². The zero-order chi connectivity index (χ0) is 11.5. The molecular formula is C9H16ClNO2S2. The Hall–Kier alpha value is 0.290. The summed E-state index contributed by atoms with van der Waals surface area (Å²) < 4.78 is 23.1. The van der Waals surface area contributed by atoms with Crippen LogP contribution in [0.5, 0.6) is 0 Å². The molecule has 1 fully saturated rings. The van der Waals surface area contributed by atoms with E-state index in [1.54, 1.807) is 11.8 Å². The van der Waals surface area contributed by atoms with Crippen molar-refractivity contribution in [2.45, 2.75) is 5.37 Å². The van der Waals surface area contributed by atoms with Crippen LogP contribution < -0.4 is 0 Å². The van der Waals surface area contributed by atoms with Crippen LogP contribution >= 0.6 is 23.4 Å². The number of rotatable bonds is 4. The van der Waals surface area contributed by atoms with E-state index in [0.29, 0.717) is 18.2 Å². The summed E-state index contributed by atoms with van der Waals surface area (Å²) in [6, 6.07) is 0. The van der Waals surface area contributed by atoms with Crippen LogP contribution in [0.2, 0.25) is 0 Å². The Balaban J connectivity index is 2.70. The largest absolute Gasteiger partial charge is 0.282 e. The van der Waals surface area contributed by atoms with Crippen LogP contribution in [0.25, 0.3) is 0 Å². The molecule has 1 atom stereocenters. The van der Waals surface area contributed by atoms with E-state index in [1.165, 1.54) is 6.26 Å². The molecule has 1 aliphatic rings. The van der Waals surface area contributed by atoms with Gasteiger partial charge in [-0.05, 0) is 5.57 Å². The van der Waals surface area contributed by atoms with Gasteiger partial charge in [0.05, 0.1) is 0 Å². The summed E-state index contributed by atoms with van der Waals surface area (Å²) in [6.45, 7) is 5.18. The van der Waals surface area contributed by atoms with Crippen molar-refractivity contribution in [2.75, 3.05) is 36.7 Å². The first-order chi connectivity index (χ1) is 6.95. The first kappa shape index (κ1) is 13.4. The Kier molecular flexibility index (Phi) is 4.96.